The SMILES string of the molecule is OC1C=CC(C2C=CC=CC2)=CC1. The van der Waals surface area contributed by atoms with Crippen molar-refractivity contribution in [2.45, 2.75) is 18.9 Å². The molecule has 0 fully saturated rings. The third kappa shape index (κ3) is 1.99. The first kappa shape index (κ1) is 8.52. The van der Waals surface area contributed by atoms with Gasteiger partial charge in [-0.2, -0.15) is 0 Å². The summed E-state index contributed by atoms with van der Waals surface area (Å²) >= 11 is 0. The van der Waals surface area contributed by atoms with Crippen molar-refractivity contribution in [2.24, 2.45) is 5.92 Å². The lowest BCUT2D eigenvalue weighted by molar-refractivity contribution is 0.225. The lowest BCUT2D eigenvalue weighted by atomic mass is 9.88. The Kier molecular flexibility index (Phi) is 2.46. The number of hydrogen-bond donors (Lipinski definition) is 1. The summed E-state index contributed by atoms with van der Waals surface area (Å²) in [7, 11) is 0. The molecule has 0 bridgehead atoms. The van der Waals surface area contributed by atoms with Crippen LogP contribution in [0.3, 0.4) is 0 Å². The zero-order valence-corrected chi connectivity index (χ0v) is 7.56. The molecule has 0 radical (unpaired) electrons. The van der Waals surface area contributed by atoms with Gasteiger partial charge in [-0.3, -0.25) is 0 Å². The zero-order valence-electron chi connectivity index (χ0n) is 7.56. The molecule has 0 aromatic rings. The molecule has 0 aromatic carbocycles. The van der Waals surface area contributed by atoms with Gasteiger partial charge in [-0.1, -0.05) is 42.5 Å². The second kappa shape index (κ2) is 3.75. The maximum absolute atomic E-state index is 9.26. The molecule has 68 valence electrons. The maximum atomic E-state index is 9.26. The second-order valence-electron chi connectivity index (χ2n) is 3.52. The predicted molar refractivity (Wildman–Crippen MR) is 54.2 cm³/mol. The van der Waals surface area contributed by atoms with Gasteiger partial charge in [-0.25, -0.2) is 0 Å². The van der Waals surface area contributed by atoms with Crippen LogP contribution in [0, 0.1) is 5.92 Å². The van der Waals surface area contributed by atoms with Crippen molar-refractivity contribution in [1.82, 2.24) is 0 Å². The number of rotatable bonds is 1. The van der Waals surface area contributed by atoms with Gasteiger partial charge in [-0.15, -0.1) is 0 Å². The molecule has 0 saturated heterocycles. The van der Waals surface area contributed by atoms with E-state index in [2.05, 4.69) is 30.4 Å². The third-order valence-electron chi connectivity index (χ3n) is 2.51. The summed E-state index contributed by atoms with van der Waals surface area (Å²) in [6, 6.07) is 0. The molecule has 0 heterocycles. The van der Waals surface area contributed by atoms with E-state index in [0.29, 0.717) is 5.92 Å². The van der Waals surface area contributed by atoms with E-state index in [1.807, 2.05) is 12.2 Å². The largest absolute Gasteiger partial charge is 0.389 e. The highest BCUT2D eigenvalue weighted by molar-refractivity contribution is 5.32. The van der Waals surface area contributed by atoms with Crippen LogP contribution < -0.4 is 0 Å². The Labute approximate surface area is 78.8 Å². The Morgan fingerprint density at radius 3 is 2.69 bits per heavy atom. The van der Waals surface area contributed by atoms with Crippen molar-refractivity contribution in [3.05, 3.63) is 48.1 Å². The molecule has 2 aliphatic carbocycles. The molecule has 2 aliphatic rings. The van der Waals surface area contributed by atoms with E-state index in [1.165, 1.54) is 5.57 Å². The molecule has 0 spiro atoms. The molecule has 1 heteroatoms. The lowest BCUT2D eigenvalue weighted by Crippen LogP contribution is -2.08. The fraction of sp³-hybridized carbons (Fsp3) is 0.333. The van der Waals surface area contributed by atoms with Crippen LogP contribution in [0.25, 0.3) is 0 Å². The van der Waals surface area contributed by atoms with E-state index < -0.39 is 0 Å². The molecule has 2 atom stereocenters. The van der Waals surface area contributed by atoms with Gasteiger partial charge < -0.3 is 5.11 Å². The first-order valence-electron chi connectivity index (χ1n) is 4.76. The Morgan fingerprint density at radius 1 is 1.15 bits per heavy atom. The monoisotopic (exact) mass is 174 g/mol. The highest BCUT2D eigenvalue weighted by Gasteiger charge is 2.12. The number of hydrogen-bond acceptors (Lipinski definition) is 1. The highest BCUT2D eigenvalue weighted by atomic mass is 16.3. The van der Waals surface area contributed by atoms with E-state index in [9.17, 15) is 5.11 Å². The van der Waals surface area contributed by atoms with E-state index in [4.69, 9.17) is 0 Å². The summed E-state index contributed by atoms with van der Waals surface area (Å²) < 4.78 is 0. The van der Waals surface area contributed by atoms with E-state index in [0.717, 1.165) is 12.8 Å². The minimum absolute atomic E-state index is 0.271. The van der Waals surface area contributed by atoms with Crippen molar-refractivity contribution < 1.29 is 5.11 Å². The molecule has 0 amide bonds. The van der Waals surface area contributed by atoms with Gasteiger partial charge in [0.15, 0.2) is 0 Å². The Hall–Kier alpha value is -1.08. The Bertz CT molecular complexity index is 294. The summed E-state index contributed by atoms with van der Waals surface area (Å²) in [5.41, 5.74) is 1.34. The van der Waals surface area contributed by atoms with Crippen molar-refractivity contribution in [2.75, 3.05) is 0 Å². The normalized spacial score (nSPS) is 31.9. The maximum Gasteiger partial charge on any atom is 0.0758 e. The second-order valence-corrected chi connectivity index (χ2v) is 3.52. The topological polar surface area (TPSA) is 20.2 Å². The molecule has 2 unspecified atom stereocenters. The number of aliphatic hydroxyl groups is 1. The summed E-state index contributed by atoms with van der Waals surface area (Å²) in [4.78, 5) is 0. The Balaban J connectivity index is 2.06. The lowest BCUT2D eigenvalue weighted by Gasteiger charge is -2.18. The zero-order chi connectivity index (χ0) is 9.10. The summed E-state index contributed by atoms with van der Waals surface area (Å²) in [6.07, 6.45) is 16.2. The molecule has 0 aromatic heterocycles. The summed E-state index contributed by atoms with van der Waals surface area (Å²) in [5.74, 6) is 0.522. The minimum atomic E-state index is -0.271. The van der Waals surface area contributed by atoms with Crippen LogP contribution >= 0.6 is 0 Å². The fourth-order valence-corrected chi connectivity index (χ4v) is 1.73. The average Bonchev–Trinajstić information content (AvgIpc) is 2.20. The number of aliphatic hydroxyl groups excluding tert-OH is 1. The number of allylic oxidation sites excluding steroid dienone is 6. The summed E-state index contributed by atoms with van der Waals surface area (Å²) in [5, 5.41) is 9.26. The quantitative estimate of drug-likeness (QED) is 0.647. The molecule has 13 heavy (non-hydrogen) atoms. The van der Waals surface area contributed by atoms with Gasteiger partial charge in [0.25, 0.3) is 0 Å². The standard InChI is InChI=1S/C12H14O/c13-12-8-6-11(7-9-12)10-4-2-1-3-5-10/h1-4,6-8,10,12-13H,5,9H2. The summed E-state index contributed by atoms with van der Waals surface area (Å²) in [6.45, 7) is 0. The third-order valence-corrected chi connectivity index (χ3v) is 2.51. The first-order chi connectivity index (χ1) is 6.36. The van der Waals surface area contributed by atoms with Crippen molar-refractivity contribution >= 4 is 0 Å². The van der Waals surface area contributed by atoms with Crippen LogP contribution in [0.2, 0.25) is 0 Å². The van der Waals surface area contributed by atoms with Crippen LogP contribution in [-0.2, 0) is 0 Å². The molecule has 0 aliphatic heterocycles. The first-order valence-corrected chi connectivity index (χ1v) is 4.76. The van der Waals surface area contributed by atoms with Gasteiger partial charge >= 0.3 is 0 Å². The average molecular weight is 174 g/mol. The molecular formula is C12H14O. The van der Waals surface area contributed by atoms with Gasteiger partial charge in [-0.05, 0) is 18.4 Å². The van der Waals surface area contributed by atoms with Gasteiger partial charge in [0.2, 0.25) is 0 Å². The van der Waals surface area contributed by atoms with Gasteiger partial charge in [0.05, 0.1) is 6.10 Å². The van der Waals surface area contributed by atoms with Crippen molar-refractivity contribution in [1.29, 1.82) is 0 Å². The molecular weight excluding hydrogens is 160 g/mol. The van der Waals surface area contributed by atoms with E-state index in [-0.39, 0.29) is 6.10 Å². The molecule has 2 rings (SSSR count). The van der Waals surface area contributed by atoms with Crippen LogP contribution in [-0.4, -0.2) is 11.2 Å². The van der Waals surface area contributed by atoms with Crippen LogP contribution in [0.1, 0.15) is 12.8 Å². The van der Waals surface area contributed by atoms with E-state index in [1.54, 1.807) is 0 Å². The van der Waals surface area contributed by atoms with E-state index >= 15 is 0 Å². The molecule has 1 nitrogen and oxygen atoms in total. The smallest absolute Gasteiger partial charge is 0.0758 e. The Morgan fingerprint density at radius 2 is 2.08 bits per heavy atom. The van der Waals surface area contributed by atoms with Crippen molar-refractivity contribution in [3.8, 4) is 0 Å². The van der Waals surface area contributed by atoms with Crippen molar-refractivity contribution in [3.63, 3.8) is 0 Å². The highest BCUT2D eigenvalue weighted by Crippen LogP contribution is 2.25. The molecule has 0 saturated carbocycles. The van der Waals surface area contributed by atoms with Gasteiger partial charge in [0, 0.05) is 5.92 Å². The predicted octanol–water partition coefficient (Wildman–Crippen LogP) is 2.37. The van der Waals surface area contributed by atoms with Crippen LogP contribution in [0.5, 0.6) is 0 Å². The minimum Gasteiger partial charge on any atom is -0.389 e. The van der Waals surface area contributed by atoms with Gasteiger partial charge in [0.1, 0.15) is 0 Å². The van der Waals surface area contributed by atoms with Crippen LogP contribution in [0.4, 0.5) is 0 Å². The fourth-order valence-electron chi connectivity index (χ4n) is 1.73. The molecule has 1 N–H and O–H groups in total. The van der Waals surface area contributed by atoms with Crippen LogP contribution in [0.15, 0.2) is 48.1 Å².